The van der Waals surface area contributed by atoms with Crippen molar-refractivity contribution in [3.05, 3.63) is 82.6 Å². The highest BCUT2D eigenvalue weighted by Crippen LogP contribution is 2.33. The molecule has 5 nitrogen and oxygen atoms in total. The number of fused-ring (bicyclic) bond motifs is 1. The van der Waals surface area contributed by atoms with Crippen molar-refractivity contribution in [2.45, 2.75) is 19.1 Å². The number of carbonyl (C=O) groups excluding carboxylic acids is 2. The van der Waals surface area contributed by atoms with Gasteiger partial charge in [0, 0.05) is 11.4 Å². The molecule has 1 aromatic heterocycles. The van der Waals surface area contributed by atoms with Crippen LogP contribution in [0.4, 0.5) is 5.69 Å². The third-order valence-corrected chi connectivity index (χ3v) is 5.46. The number of hydrogen-bond acceptors (Lipinski definition) is 4. The number of anilines is 1. The highest BCUT2D eigenvalue weighted by atomic mass is 32.1. The molecular weight excluding hydrogens is 372 g/mol. The number of carbonyl (C=O) groups is 2. The number of para-hydroxylation sites is 2. The van der Waals surface area contributed by atoms with Gasteiger partial charge in [0.2, 0.25) is 5.91 Å². The van der Waals surface area contributed by atoms with E-state index in [1.54, 1.807) is 22.3 Å². The van der Waals surface area contributed by atoms with Crippen LogP contribution in [-0.2, 0) is 22.6 Å². The van der Waals surface area contributed by atoms with E-state index in [9.17, 15) is 9.59 Å². The fourth-order valence-corrected chi connectivity index (χ4v) is 3.86. The molecule has 1 aliphatic rings. The largest absolute Gasteiger partial charge is 0.477 e. The van der Waals surface area contributed by atoms with Crippen LogP contribution in [0.15, 0.2) is 72.1 Å². The third kappa shape index (κ3) is 4.07. The standard InChI is InChI=1S/C22H20N2O3S/c25-21(13-17-9-6-12-28-17)24-15-20(27-19-11-5-4-10-18(19)24)22(26)23-14-16-7-2-1-3-8-16/h1-12,20H,13-15H2,(H,23,26)/t20-/m0/s1. The van der Waals surface area contributed by atoms with Crippen LogP contribution < -0.4 is 15.0 Å². The fourth-order valence-electron chi connectivity index (χ4n) is 3.16. The van der Waals surface area contributed by atoms with Crippen molar-refractivity contribution in [2.75, 3.05) is 11.4 Å². The Labute approximate surface area is 167 Å². The summed E-state index contributed by atoms with van der Waals surface area (Å²) in [5.41, 5.74) is 1.72. The second-order valence-electron chi connectivity index (χ2n) is 6.54. The van der Waals surface area contributed by atoms with E-state index in [1.165, 1.54) is 0 Å². The lowest BCUT2D eigenvalue weighted by molar-refractivity contribution is -0.128. The number of rotatable bonds is 5. The zero-order chi connectivity index (χ0) is 19.3. The third-order valence-electron chi connectivity index (χ3n) is 4.58. The van der Waals surface area contributed by atoms with Gasteiger partial charge in [0.25, 0.3) is 5.91 Å². The van der Waals surface area contributed by atoms with Crippen LogP contribution in [0, 0.1) is 0 Å². The van der Waals surface area contributed by atoms with Gasteiger partial charge < -0.3 is 15.0 Å². The first-order chi connectivity index (χ1) is 13.7. The normalized spacial score (nSPS) is 15.4. The van der Waals surface area contributed by atoms with Crippen molar-refractivity contribution in [1.29, 1.82) is 0 Å². The van der Waals surface area contributed by atoms with Gasteiger partial charge in [0.05, 0.1) is 18.7 Å². The maximum Gasteiger partial charge on any atom is 0.263 e. The molecule has 2 aromatic carbocycles. The molecule has 0 unspecified atom stereocenters. The first-order valence-electron chi connectivity index (χ1n) is 9.11. The highest BCUT2D eigenvalue weighted by Gasteiger charge is 2.33. The van der Waals surface area contributed by atoms with Gasteiger partial charge in [0.1, 0.15) is 5.75 Å². The number of thiophene rings is 1. The molecule has 2 heterocycles. The van der Waals surface area contributed by atoms with E-state index >= 15 is 0 Å². The molecule has 0 aliphatic carbocycles. The number of nitrogens with zero attached hydrogens (tertiary/aromatic N) is 1. The summed E-state index contributed by atoms with van der Waals surface area (Å²) in [5, 5.41) is 4.86. The lowest BCUT2D eigenvalue weighted by atomic mass is 10.1. The van der Waals surface area contributed by atoms with Crippen molar-refractivity contribution >= 4 is 28.8 Å². The van der Waals surface area contributed by atoms with E-state index in [1.807, 2.05) is 66.0 Å². The van der Waals surface area contributed by atoms with Gasteiger partial charge in [-0.15, -0.1) is 11.3 Å². The smallest absolute Gasteiger partial charge is 0.263 e. The number of nitrogens with one attached hydrogen (secondary N) is 1. The summed E-state index contributed by atoms with van der Waals surface area (Å²) in [5.74, 6) is 0.277. The van der Waals surface area contributed by atoms with E-state index in [-0.39, 0.29) is 18.4 Å². The maximum absolute atomic E-state index is 12.9. The van der Waals surface area contributed by atoms with Gasteiger partial charge in [-0.1, -0.05) is 48.5 Å². The molecule has 0 spiro atoms. The van der Waals surface area contributed by atoms with E-state index in [4.69, 9.17) is 4.74 Å². The first-order valence-corrected chi connectivity index (χ1v) is 9.99. The number of benzene rings is 2. The van der Waals surface area contributed by atoms with Gasteiger partial charge in [0.15, 0.2) is 6.10 Å². The fraction of sp³-hybridized carbons (Fsp3) is 0.182. The summed E-state index contributed by atoms with van der Waals surface area (Å²) >= 11 is 1.55. The summed E-state index contributed by atoms with van der Waals surface area (Å²) in [6.07, 6.45) is -0.435. The molecule has 0 bridgehead atoms. The molecular formula is C22H20N2O3S. The molecule has 0 fully saturated rings. The van der Waals surface area contributed by atoms with E-state index < -0.39 is 6.10 Å². The highest BCUT2D eigenvalue weighted by molar-refractivity contribution is 7.10. The maximum atomic E-state index is 12.9. The number of hydrogen-bond donors (Lipinski definition) is 1. The van der Waals surface area contributed by atoms with Crippen molar-refractivity contribution < 1.29 is 14.3 Å². The molecule has 0 saturated carbocycles. The molecule has 2 amide bonds. The van der Waals surface area contributed by atoms with Gasteiger partial charge in [-0.05, 0) is 29.1 Å². The van der Waals surface area contributed by atoms with Crippen LogP contribution in [0.1, 0.15) is 10.4 Å². The molecule has 6 heteroatoms. The SMILES string of the molecule is O=C(NCc1ccccc1)[C@@H]1CN(C(=O)Cc2cccs2)c2ccccc2O1. The second-order valence-corrected chi connectivity index (χ2v) is 7.57. The van der Waals surface area contributed by atoms with Crippen LogP contribution >= 0.6 is 11.3 Å². The summed E-state index contributed by atoms with van der Waals surface area (Å²) in [7, 11) is 0. The molecule has 1 N–H and O–H groups in total. The van der Waals surface area contributed by atoms with Crippen LogP contribution in [0.5, 0.6) is 5.75 Å². The second kappa shape index (κ2) is 8.27. The van der Waals surface area contributed by atoms with Crippen molar-refractivity contribution in [2.24, 2.45) is 0 Å². The van der Waals surface area contributed by atoms with Gasteiger partial charge in [-0.2, -0.15) is 0 Å². The monoisotopic (exact) mass is 392 g/mol. The Bertz CT molecular complexity index is 957. The lowest BCUT2D eigenvalue weighted by Gasteiger charge is -2.34. The Morgan fingerprint density at radius 1 is 1.04 bits per heavy atom. The molecule has 1 aliphatic heterocycles. The minimum absolute atomic E-state index is 0.0425. The Balaban J connectivity index is 1.49. The zero-order valence-electron chi connectivity index (χ0n) is 15.2. The van der Waals surface area contributed by atoms with Crippen molar-refractivity contribution in [1.82, 2.24) is 5.32 Å². The average Bonchev–Trinajstić information content (AvgIpc) is 3.25. The Morgan fingerprint density at radius 2 is 1.82 bits per heavy atom. The van der Waals surface area contributed by atoms with Gasteiger partial charge in [-0.25, -0.2) is 0 Å². The molecule has 4 rings (SSSR count). The summed E-state index contributed by atoms with van der Waals surface area (Å²) in [4.78, 5) is 28.3. The zero-order valence-corrected chi connectivity index (χ0v) is 16.0. The number of amides is 2. The Kier molecular flexibility index (Phi) is 5.39. The van der Waals surface area contributed by atoms with Crippen LogP contribution in [-0.4, -0.2) is 24.5 Å². The summed E-state index contributed by atoms with van der Waals surface area (Å²) in [6.45, 7) is 0.617. The summed E-state index contributed by atoms with van der Waals surface area (Å²) < 4.78 is 5.89. The van der Waals surface area contributed by atoms with Crippen molar-refractivity contribution in [3.63, 3.8) is 0 Å². The summed E-state index contributed by atoms with van der Waals surface area (Å²) in [6, 6.07) is 20.9. The average molecular weight is 392 g/mol. The lowest BCUT2D eigenvalue weighted by Crippen LogP contribution is -2.51. The van der Waals surface area contributed by atoms with Gasteiger partial charge >= 0.3 is 0 Å². The van der Waals surface area contributed by atoms with Crippen LogP contribution in [0.25, 0.3) is 0 Å². The van der Waals surface area contributed by atoms with Gasteiger partial charge in [-0.3, -0.25) is 9.59 Å². The first kappa shape index (κ1) is 18.3. The van der Waals surface area contributed by atoms with E-state index in [0.717, 1.165) is 10.4 Å². The minimum atomic E-state index is -0.745. The molecule has 3 aromatic rings. The molecule has 28 heavy (non-hydrogen) atoms. The Hall–Kier alpha value is -3.12. The predicted octanol–water partition coefficient (Wildman–Crippen LogP) is 3.40. The topological polar surface area (TPSA) is 58.6 Å². The van der Waals surface area contributed by atoms with E-state index in [2.05, 4.69) is 5.32 Å². The Morgan fingerprint density at radius 3 is 2.61 bits per heavy atom. The molecule has 142 valence electrons. The number of ether oxygens (including phenoxy) is 1. The van der Waals surface area contributed by atoms with Crippen LogP contribution in [0.2, 0.25) is 0 Å². The molecule has 0 saturated heterocycles. The molecule has 1 atom stereocenters. The van der Waals surface area contributed by atoms with Crippen LogP contribution in [0.3, 0.4) is 0 Å². The minimum Gasteiger partial charge on any atom is -0.477 e. The predicted molar refractivity (Wildman–Crippen MR) is 110 cm³/mol. The quantitative estimate of drug-likeness (QED) is 0.724. The van der Waals surface area contributed by atoms with Crippen molar-refractivity contribution in [3.8, 4) is 5.75 Å². The van der Waals surface area contributed by atoms with E-state index in [0.29, 0.717) is 24.4 Å². The molecule has 0 radical (unpaired) electrons.